The van der Waals surface area contributed by atoms with Crippen LogP contribution in [-0.2, 0) is 5.79 Å². The van der Waals surface area contributed by atoms with E-state index in [2.05, 4.69) is 10.3 Å². The summed E-state index contributed by atoms with van der Waals surface area (Å²) < 4.78 is 42.8. The molecule has 1 unspecified atom stereocenters. The molecule has 2 rings (SSSR count). The van der Waals surface area contributed by atoms with Crippen LogP contribution >= 0.6 is 0 Å². The third-order valence-electron chi connectivity index (χ3n) is 2.84. The molecule has 1 aliphatic heterocycles. The van der Waals surface area contributed by atoms with Crippen molar-refractivity contribution in [1.82, 2.24) is 5.32 Å². The van der Waals surface area contributed by atoms with E-state index in [9.17, 15) is 13.2 Å². The van der Waals surface area contributed by atoms with E-state index in [1.54, 1.807) is 24.3 Å². The van der Waals surface area contributed by atoms with Crippen molar-refractivity contribution in [2.45, 2.75) is 12.0 Å². The first-order valence-corrected chi connectivity index (χ1v) is 5.60. The van der Waals surface area contributed by atoms with Crippen molar-refractivity contribution in [3.8, 4) is 5.75 Å². The van der Waals surface area contributed by atoms with Crippen molar-refractivity contribution in [3.63, 3.8) is 0 Å². The van der Waals surface area contributed by atoms with Crippen molar-refractivity contribution in [3.05, 3.63) is 41.6 Å². The maximum Gasteiger partial charge on any atom is 0.421 e. The van der Waals surface area contributed by atoms with Crippen LogP contribution in [0.15, 0.2) is 41.0 Å². The Bertz CT molecular complexity index is 565. The minimum absolute atomic E-state index is 0.457. The molecule has 5 nitrogen and oxygen atoms in total. The molecule has 1 atom stereocenters. The lowest BCUT2D eigenvalue weighted by atomic mass is 10.1. The summed E-state index contributed by atoms with van der Waals surface area (Å²) in [6.07, 6.45) is -3.85. The first-order chi connectivity index (χ1) is 9.26. The van der Waals surface area contributed by atoms with Crippen LogP contribution in [0.25, 0.3) is 0 Å². The van der Waals surface area contributed by atoms with Crippen molar-refractivity contribution in [2.24, 2.45) is 16.5 Å². The number of alkyl halides is 3. The van der Waals surface area contributed by atoms with Crippen molar-refractivity contribution < 1.29 is 17.9 Å². The van der Waals surface area contributed by atoms with Gasteiger partial charge in [-0.3, -0.25) is 5.73 Å². The molecule has 0 amide bonds. The van der Waals surface area contributed by atoms with Gasteiger partial charge in [-0.2, -0.15) is 13.2 Å². The average Bonchev–Trinajstić information content (AvgIpc) is 2.37. The van der Waals surface area contributed by atoms with Crippen LogP contribution in [0.4, 0.5) is 13.2 Å². The van der Waals surface area contributed by atoms with E-state index in [0.717, 1.165) is 6.20 Å². The molecular weight excluding hydrogens is 273 g/mol. The normalized spacial score (nSPS) is 22.6. The van der Waals surface area contributed by atoms with Gasteiger partial charge in [0.05, 0.1) is 7.11 Å². The molecule has 8 heteroatoms. The predicted molar refractivity (Wildman–Crippen MR) is 67.8 cm³/mol. The van der Waals surface area contributed by atoms with Crippen molar-refractivity contribution >= 4 is 5.84 Å². The number of methoxy groups -OCH3 is 1. The number of rotatable bonds is 2. The zero-order chi connectivity index (χ0) is 15.0. The monoisotopic (exact) mass is 286 g/mol. The number of hydrogen-bond acceptors (Lipinski definition) is 5. The molecule has 0 saturated carbocycles. The van der Waals surface area contributed by atoms with Crippen LogP contribution in [0.5, 0.6) is 5.75 Å². The molecule has 0 bridgehead atoms. The zero-order valence-corrected chi connectivity index (χ0v) is 10.5. The summed E-state index contributed by atoms with van der Waals surface area (Å²) in [6, 6.07) is 6.44. The molecule has 0 aromatic heterocycles. The fourth-order valence-corrected chi connectivity index (χ4v) is 1.76. The number of halogens is 3. The van der Waals surface area contributed by atoms with E-state index in [-0.39, 0.29) is 0 Å². The highest BCUT2D eigenvalue weighted by Gasteiger charge is 2.41. The summed E-state index contributed by atoms with van der Waals surface area (Å²) in [5.74, 6) is -1.60. The number of hydrogen-bond donors (Lipinski definition) is 3. The van der Waals surface area contributed by atoms with Gasteiger partial charge in [0.25, 0.3) is 0 Å². The SMILES string of the molecule is COc1ccc(C2(N)N=C(N)C(C(F)(F)F)=CN2)cc1. The third-order valence-corrected chi connectivity index (χ3v) is 2.84. The molecule has 0 radical (unpaired) electrons. The van der Waals surface area contributed by atoms with Crippen LogP contribution in [-0.4, -0.2) is 19.1 Å². The minimum Gasteiger partial charge on any atom is -0.497 e. The van der Waals surface area contributed by atoms with E-state index in [4.69, 9.17) is 16.2 Å². The Kier molecular flexibility index (Phi) is 3.34. The van der Waals surface area contributed by atoms with Gasteiger partial charge in [0, 0.05) is 11.8 Å². The standard InChI is InChI=1S/C12H13F3N4O/c1-20-8-4-2-7(3-5-8)12(17)18-6-9(10(16)19-12)11(13,14)15/h2-6,18H,17H2,1H3,(H2,16,19). The highest BCUT2D eigenvalue weighted by molar-refractivity contribution is 5.99. The molecular formula is C12H13F3N4O. The third kappa shape index (κ3) is 2.55. The number of aliphatic imine (C=N–C) groups is 1. The molecule has 0 fully saturated rings. The van der Waals surface area contributed by atoms with Gasteiger partial charge >= 0.3 is 6.18 Å². The molecule has 1 aliphatic rings. The van der Waals surface area contributed by atoms with Gasteiger partial charge in [-0.1, -0.05) is 0 Å². The zero-order valence-electron chi connectivity index (χ0n) is 10.5. The van der Waals surface area contributed by atoms with E-state index < -0.39 is 23.4 Å². The molecule has 108 valence electrons. The van der Waals surface area contributed by atoms with Crippen molar-refractivity contribution in [2.75, 3.05) is 7.11 Å². The summed E-state index contributed by atoms with van der Waals surface area (Å²) in [5, 5.41) is 2.42. The fourth-order valence-electron chi connectivity index (χ4n) is 1.76. The molecule has 1 aromatic carbocycles. The minimum atomic E-state index is -4.58. The first kappa shape index (κ1) is 14.2. The number of benzene rings is 1. The highest BCUT2D eigenvalue weighted by atomic mass is 19.4. The Hall–Kier alpha value is -2.22. The maximum atomic E-state index is 12.6. The van der Waals surface area contributed by atoms with Crippen LogP contribution in [0.3, 0.4) is 0 Å². The van der Waals surface area contributed by atoms with Gasteiger partial charge in [0.15, 0.2) is 0 Å². The molecule has 0 spiro atoms. The van der Waals surface area contributed by atoms with Gasteiger partial charge in [-0.05, 0) is 24.3 Å². The number of amidine groups is 1. The molecule has 1 aromatic rings. The van der Waals surface area contributed by atoms with Gasteiger partial charge in [-0.15, -0.1) is 0 Å². The van der Waals surface area contributed by atoms with Crippen LogP contribution < -0.4 is 21.5 Å². The molecule has 0 saturated heterocycles. The Morgan fingerprint density at radius 1 is 1.25 bits per heavy atom. The lowest BCUT2D eigenvalue weighted by Gasteiger charge is -2.31. The lowest BCUT2D eigenvalue weighted by Crippen LogP contribution is -2.51. The van der Waals surface area contributed by atoms with Gasteiger partial charge < -0.3 is 15.8 Å². The van der Waals surface area contributed by atoms with Gasteiger partial charge in [0.2, 0.25) is 5.79 Å². The molecule has 5 N–H and O–H groups in total. The summed E-state index contributed by atoms with van der Waals surface area (Å²) in [6.45, 7) is 0. The van der Waals surface area contributed by atoms with E-state index >= 15 is 0 Å². The number of nitrogens with zero attached hydrogens (tertiary/aromatic N) is 1. The van der Waals surface area contributed by atoms with E-state index in [1.165, 1.54) is 7.11 Å². The average molecular weight is 286 g/mol. The van der Waals surface area contributed by atoms with E-state index in [0.29, 0.717) is 11.3 Å². The quantitative estimate of drug-likeness (QED) is 0.762. The fraction of sp³-hybridized carbons (Fsp3) is 0.250. The van der Waals surface area contributed by atoms with Crippen LogP contribution in [0.1, 0.15) is 5.56 Å². The number of nitrogens with one attached hydrogen (secondary N) is 1. The highest BCUT2D eigenvalue weighted by Crippen LogP contribution is 2.30. The Morgan fingerprint density at radius 3 is 2.30 bits per heavy atom. The predicted octanol–water partition coefficient (Wildman–Crippen LogP) is 1.17. The summed E-state index contributed by atoms with van der Waals surface area (Å²) in [4.78, 5) is 3.72. The Labute approximate surface area is 113 Å². The van der Waals surface area contributed by atoms with Gasteiger partial charge in [0.1, 0.15) is 17.2 Å². The second-order valence-electron chi connectivity index (χ2n) is 4.19. The smallest absolute Gasteiger partial charge is 0.421 e. The molecule has 1 heterocycles. The van der Waals surface area contributed by atoms with E-state index in [1.807, 2.05) is 0 Å². The first-order valence-electron chi connectivity index (χ1n) is 5.60. The number of nitrogens with two attached hydrogens (primary N) is 2. The summed E-state index contributed by atoms with van der Waals surface area (Å²) in [5.41, 5.74) is 10.7. The Morgan fingerprint density at radius 2 is 1.85 bits per heavy atom. The second kappa shape index (κ2) is 4.71. The molecule has 0 aliphatic carbocycles. The lowest BCUT2D eigenvalue weighted by molar-refractivity contribution is -0.0870. The van der Waals surface area contributed by atoms with Gasteiger partial charge in [-0.25, -0.2) is 4.99 Å². The number of ether oxygens (including phenoxy) is 1. The topological polar surface area (TPSA) is 85.7 Å². The van der Waals surface area contributed by atoms with Crippen LogP contribution in [0, 0.1) is 0 Å². The summed E-state index contributed by atoms with van der Waals surface area (Å²) >= 11 is 0. The van der Waals surface area contributed by atoms with Crippen LogP contribution in [0.2, 0.25) is 0 Å². The van der Waals surface area contributed by atoms with Crippen molar-refractivity contribution in [1.29, 1.82) is 0 Å². The summed E-state index contributed by atoms with van der Waals surface area (Å²) in [7, 11) is 1.50. The largest absolute Gasteiger partial charge is 0.497 e. The maximum absolute atomic E-state index is 12.6. The Balaban J connectivity index is 2.32. The second-order valence-corrected chi connectivity index (χ2v) is 4.19. The molecule has 20 heavy (non-hydrogen) atoms.